The van der Waals surface area contributed by atoms with Crippen molar-refractivity contribution in [2.24, 2.45) is 10.9 Å². The predicted molar refractivity (Wildman–Crippen MR) is 127 cm³/mol. The van der Waals surface area contributed by atoms with Crippen molar-refractivity contribution in [3.63, 3.8) is 0 Å². The van der Waals surface area contributed by atoms with Crippen molar-refractivity contribution >= 4 is 39.8 Å². The summed E-state index contributed by atoms with van der Waals surface area (Å²) < 4.78 is 23.5. The summed E-state index contributed by atoms with van der Waals surface area (Å²) in [5.74, 6) is 1.36. The highest BCUT2D eigenvalue weighted by Gasteiger charge is 2.15. The molecule has 8 heteroatoms. The van der Waals surface area contributed by atoms with Crippen LogP contribution in [0.2, 0.25) is 0 Å². The third-order valence-electron chi connectivity index (χ3n) is 4.79. The third-order valence-corrected chi connectivity index (χ3v) is 6.05. The number of nitrogens with one attached hydrogen (secondary N) is 2. The van der Waals surface area contributed by atoms with Gasteiger partial charge in [-0.2, -0.15) is 0 Å². The lowest BCUT2D eigenvalue weighted by atomic mass is 10.1. The van der Waals surface area contributed by atoms with E-state index in [1.54, 1.807) is 6.07 Å². The van der Waals surface area contributed by atoms with Gasteiger partial charge in [-0.15, -0.1) is 24.0 Å². The summed E-state index contributed by atoms with van der Waals surface area (Å²) in [7, 11) is -3.18. The van der Waals surface area contributed by atoms with Crippen LogP contribution in [0.3, 0.4) is 0 Å². The van der Waals surface area contributed by atoms with E-state index in [0.29, 0.717) is 17.4 Å². The van der Waals surface area contributed by atoms with Crippen LogP contribution < -0.4 is 10.6 Å². The molecule has 1 unspecified atom stereocenters. The van der Waals surface area contributed by atoms with E-state index >= 15 is 0 Å². The van der Waals surface area contributed by atoms with Gasteiger partial charge in [-0.05, 0) is 62.9 Å². The first-order valence-electron chi connectivity index (χ1n) is 9.83. The quantitative estimate of drug-likeness (QED) is 0.312. The first kappa shape index (κ1) is 25.2. The number of likely N-dealkylation sites (tertiary alicyclic amines) is 1. The Labute approximate surface area is 187 Å². The normalized spacial score (nSPS) is 16.5. The largest absolute Gasteiger partial charge is 0.357 e. The molecular weight excluding hydrogens is 487 g/mol. The molecule has 0 aliphatic carbocycles. The number of aliphatic imine (C=N–C) groups is 1. The molecule has 160 valence electrons. The highest BCUT2D eigenvalue weighted by atomic mass is 127. The number of halogens is 1. The van der Waals surface area contributed by atoms with Crippen LogP contribution in [0.5, 0.6) is 0 Å². The molecule has 0 bridgehead atoms. The fraction of sp³-hybridized carbons (Fsp3) is 0.650. The minimum atomic E-state index is -3.18. The first-order chi connectivity index (χ1) is 12.8. The summed E-state index contributed by atoms with van der Waals surface area (Å²) in [5, 5.41) is 6.71. The van der Waals surface area contributed by atoms with Crippen LogP contribution in [0.1, 0.15) is 37.8 Å². The highest BCUT2D eigenvalue weighted by Crippen LogP contribution is 2.17. The van der Waals surface area contributed by atoms with Gasteiger partial charge in [-0.1, -0.05) is 19.1 Å². The summed E-state index contributed by atoms with van der Waals surface area (Å²) in [4.78, 5) is 7.57. The van der Waals surface area contributed by atoms with Gasteiger partial charge in [0.15, 0.2) is 15.8 Å². The molecule has 0 amide bonds. The summed E-state index contributed by atoms with van der Waals surface area (Å²) in [5.41, 5.74) is 1.77. The van der Waals surface area contributed by atoms with Gasteiger partial charge >= 0.3 is 0 Å². The Bertz CT molecular complexity index is 747. The van der Waals surface area contributed by atoms with Crippen LogP contribution in [-0.4, -0.2) is 58.3 Å². The van der Waals surface area contributed by atoms with Crippen LogP contribution >= 0.6 is 24.0 Å². The number of aryl methyl sites for hydroxylation is 1. The number of rotatable bonds is 8. The van der Waals surface area contributed by atoms with Crippen LogP contribution in [0.15, 0.2) is 28.1 Å². The molecule has 1 saturated heterocycles. The maximum atomic E-state index is 11.7. The van der Waals surface area contributed by atoms with Gasteiger partial charge in [0, 0.05) is 25.9 Å². The minimum absolute atomic E-state index is 0. The molecule has 2 rings (SSSR count). The second kappa shape index (κ2) is 12.0. The van der Waals surface area contributed by atoms with Gasteiger partial charge in [-0.25, -0.2) is 13.4 Å². The summed E-state index contributed by atoms with van der Waals surface area (Å²) in [6, 6.07) is 5.42. The van der Waals surface area contributed by atoms with E-state index < -0.39 is 9.84 Å². The van der Waals surface area contributed by atoms with Crippen LogP contribution in [-0.2, 0) is 16.4 Å². The van der Waals surface area contributed by atoms with Crippen LogP contribution in [0.4, 0.5) is 0 Å². The zero-order chi connectivity index (χ0) is 19.9. The molecule has 28 heavy (non-hydrogen) atoms. The van der Waals surface area contributed by atoms with Crippen molar-refractivity contribution in [1.29, 1.82) is 0 Å². The van der Waals surface area contributed by atoms with Gasteiger partial charge in [0.25, 0.3) is 0 Å². The number of hydrogen-bond donors (Lipinski definition) is 2. The Hall–Kier alpha value is -0.870. The molecule has 1 aromatic rings. The Kier molecular flexibility index (Phi) is 10.8. The lowest BCUT2D eigenvalue weighted by Crippen LogP contribution is -2.41. The van der Waals surface area contributed by atoms with E-state index in [2.05, 4.69) is 34.4 Å². The molecule has 0 radical (unpaired) electrons. The average Bonchev–Trinajstić information content (AvgIpc) is 3.09. The van der Waals surface area contributed by atoms with Crippen molar-refractivity contribution in [3.8, 4) is 0 Å². The Morgan fingerprint density at radius 1 is 1.25 bits per heavy atom. The summed E-state index contributed by atoms with van der Waals surface area (Å²) in [6.07, 6.45) is 3.88. The second-order valence-corrected chi connectivity index (χ2v) is 9.55. The highest BCUT2D eigenvalue weighted by molar-refractivity contribution is 14.0. The molecule has 0 spiro atoms. The lowest BCUT2D eigenvalue weighted by Gasteiger charge is -2.21. The van der Waals surface area contributed by atoms with Crippen molar-refractivity contribution in [3.05, 3.63) is 29.3 Å². The number of sulfone groups is 1. The Balaban J connectivity index is 0.00000392. The molecule has 1 aromatic carbocycles. The van der Waals surface area contributed by atoms with Gasteiger partial charge in [0.1, 0.15) is 0 Å². The van der Waals surface area contributed by atoms with Gasteiger partial charge in [0.05, 0.1) is 11.4 Å². The zero-order valence-electron chi connectivity index (χ0n) is 17.5. The number of nitrogens with zero attached hydrogens (tertiary/aromatic N) is 2. The van der Waals surface area contributed by atoms with Crippen LogP contribution in [0.25, 0.3) is 0 Å². The molecular formula is C20H35IN4O2S. The molecule has 1 fully saturated rings. The minimum Gasteiger partial charge on any atom is -0.357 e. The Morgan fingerprint density at radius 3 is 2.50 bits per heavy atom. The van der Waals surface area contributed by atoms with E-state index in [1.807, 2.05) is 19.1 Å². The fourth-order valence-electron chi connectivity index (χ4n) is 3.48. The van der Waals surface area contributed by atoms with Crippen molar-refractivity contribution in [1.82, 2.24) is 15.5 Å². The molecule has 1 atom stereocenters. The van der Waals surface area contributed by atoms with Crippen molar-refractivity contribution in [2.45, 2.75) is 45.1 Å². The van der Waals surface area contributed by atoms with E-state index in [4.69, 9.17) is 0 Å². The average molecular weight is 522 g/mol. The third kappa shape index (κ3) is 8.24. The smallest absolute Gasteiger partial charge is 0.191 e. The predicted octanol–water partition coefficient (Wildman–Crippen LogP) is 2.80. The molecule has 1 aliphatic heterocycles. The summed E-state index contributed by atoms with van der Waals surface area (Å²) >= 11 is 0. The number of guanidine groups is 1. The zero-order valence-corrected chi connectivity index (χ0v) is 20.6. The van der Waals surface area contributed by atoms with E-state index in [0.717, 1.165) is 36.7 Å². The number of hydrogen-bond acceptors (Lipinski definition) is 4. The molecule has 2 N–H and O–H groups in total. The van der Waals surface area contributed by atoms with E-state index in [1.165, 1.54) is 32.2 Å². The molecule has 6 nitrogen and oxygen atoms in total. The number of benzene rings is 1. The second-order valence-electron chi connectivity index (χ2n) is 7.56. The molecule has 0 saturated carbocycles. The topological polar surface area (TPSA) is 73.8 Å². The standard InChI is InChI=1S/C20H34N4O2S.HI/c1-5-21-20(22-13-16(2)15-24-10-6-7-11-24)23-14-18-8-9-19(17(3)12-18)27(4,25)26;/h8-9,12,16H,5-7,10-11,13-15H2,1-4H3,(H2,21,22,23);1H. The molecule has 0 aromatic heterocycles. The van der Waals surface area contributed by atoms with Gasteiger partial charge in [-0.3, -0.25) is 0 Å². The van der Waals surface area contributed by atoms with Gasteiger partial charge < -0.3 is 15.5 Å². The maximum absolute atomic E-state index is 11.7. The van der Waals surface area contributed by atoms with E-state index in [9.17, 15) is 8.42 Å². The first-order valence-corrected chi connectivity index (χ1v) is 11.7. The maximum Gasteiger partial charge on any atom is 0.191 e. The van der Waals surface area contributed by atoms with Gasteiger partial charge in [0.2, 0.25) is 0 Å². The SMILES string of the molecule is CCNC(=NCc1ccc(S(C)(=O)=O)c(C)c1)NCC(C)CN1CCCC1.I. The van der Waals surface area contributed by atoms with Crippen molar-refractivity contribution < 1.29 is 8.42 Å². The van der Waals surface area contributed by atoms with Crippen LogP contribution in [0, 0.1) is 12.8 Å². The van der Waals surface area contributed by atoms with E-state index in [-0.39, 0.29) is 24.0 Å². The summed E-state index contributed by atoms with van der Waals surface area (Å²) in [6.45, 7) is 11.9. The lowest BCUT2D eigenvalue weighted by molar-refractivity contribution is 0.287. The Morgan fingerprint density at radius 2 is 1.93 bits per heavy atom. The molecule has 1 heterocycles. The fourth-order valence-corrected chi connectivity index (χ4v) is 4.44. The van der Waals surface area contributed by atoms with Crippen molar-refractivity contribution in [2.75, 3.05) is 39.0 Å². The molecule has 1 aliphatic rings. The monoisotopic (exact) mass is 522 g/mol.